The monoisotopic (exact) mass is 489 g/mol. The van der Waals surface area contributed by atoms with Gasteiger partial charge in [-0.2, -0.15) is 0 Å². The summed E-state index contributed by atoms with van der Waals surface area (Å²) in [5.41, 5.74) is 2.18. The largest absolute Gasteiger partial charge is 0.495 e. The molecule has 0 heterocycles. The Labute approximate surface area is 202 Å². The van der Waals surface area contributed by atoms with Gasteiger partial charge in [0, 0.05) is 12.6 Å². The molecular weight excluding hydrogens is 454 g/mol. The van der Waals surface area contributed by atoms with Crippen molar-refractivity contribution in [2.24, 2.45) is 0 Å². The highest BCUT2D eigenvalue weighted by atomic mass is 32.2. The average Bonchev–Trinajstić information content (AvgIpc) is 2.77. The van der Waals surface area contributed by atoms with E-state index in [1.165, 1.54) is 12.0 Å². The molecule has 186 valence electrons. The number of nitrogens with one attached hydrogen (secondary N) is 1. The summed E-state index contributed by atoms with van der Waals surface area (Å²) >= 11 is 0. The van der Waals surface area contributed by atoms with Crippen LogP contribution in [-0.2, 0) is 26.2 Å². The minimum absolute atomic E-state index is 0.0982. The maximum atomic E-state index is 13.6. The van der Waals surface area contributed by atoms with Crippen molar-refractivity contribution in [1.29, 1.82) is 0 Å². The number of rotatable bonds is 11. The smallest absolute Gasteiger partial charge is 0.244 e. The molecule has 2 amide bonds. The van der Waals surface area contributed by atoms with Crippen LogP contribution < -0.4 is 14.4 Å². The summed E-state index contributed by atoms with van der Waals surface area (Å²) in [6.07, 6.45) is 1.42. The van der Waals surface area contributed by atoms with E-state index in [1.807, 2.05) is 52.0 Å². The number of nitrogens with zero attached hydrogens (tertiary/aromatic N) is 2. The van der Waals surface area contributed by atoms with E-state index < -0.39 is 28.5 Å². The maximum Gasteiger partial charge on any atom is 0.244 e. The van der Waals surface area contributed by atoms with Gasteiger partial charge in [-0.25, -0.2) is 8.42 Å². The predicted molar refractivity (Wildman–Crippen MR) is 134 cm³/mol. The Kier molecular flexibility index (Phi) is 9.49. The molecule has 9 heteroatoms. The molecule has 1 unspecified atom stereocenters. The highest BCUT2D eigenvalue weighted by Gasteiger charge is 2.32. The van der Waals surface area contributed by atoms with Crippen molar-refractivity contribution in [2.75, 3.05) is 24.2 Å². The van der Waals surface area contributed by atoms with Crippen molar-refractivity contribution in [3.63, 3.8) is 0 Å². The van der Waals surface area contributed by atoms with Gasteiger partial charge in [0.25, 0.3) is 0 Å². The predicted octanol–water partition coefficient (Wildman–Crippen LogP) is 3.10. The number of benzene rings is 2. The molecule has 0 aliphatic rings. The molecular formula is C25H35N3O5S. The lowest BCUT2D eigenvalue weighted by Crippen LogP contribution is -2.53. The first-order chi connectivity index (χ1) is 16.0. The van der Waals surface area contributed by atoms with Crippen molar-refractivity contribution in [2.45, 2.75) is 52.7 Å². The Morgan fingerprint density at radius 3 is 2.21 bits per heavy atom. The molecule has 0 aliphatic heterocycles. The minimum Gasteiger partial charge on any atom is -0.495 e. The van der Waals surface area contributed by atoms with Gasteiger partial charge in [0.2, 0.25) is 21.8 Å². The summed E-state index contributed by atoms with van der Waals surface area (Å²) in [6.45, 7) is 7.21. The number of sulfonamides is 1. The molecule has 0 saturated heterocycles. The molecule has 0 fully saturated rings. The number of anilines is 1. The number of methoxy groups -OCH3 is 1. The van der Waals surface area contributed by atoms with Crippen LogP contribution in [0.1, 0.15) is 38.3 Å². The molecule has 2 rings (SSSR count). The van der Waals surface area contributed by atoms with E-state index in [4.69, 9.17) is 4.74 Å². The lowest BCUT2D eigenvalue weighted by Gasteiger charge is -2.33. The maximum absolute atomic E-state index is 13.6. The second-order valence-corrected chi connectivity index (χ2v) is 10.4. The number of amides is 2. The topological polar surface area (TPSA) is 96.0 Å². The van der Waals surface area contributed by atoms with Gasteiger partial charge in [-0.3, -0.25) is 13.9 Å². The highest BCUT2D eigenvalue weighted by molar-refractivity contribution is 7.92. The van der Waals surface area contributed by atoms with Gasteiger partial charge in [-0.1, -0.05) is 48.9 Å². The summed E-state index contributed by atoms with van der Waals surface area (Å²) < 4.78 is 31.7. The standard InChI is InChI=1S/C25H35N3O5S/c1-7-21(25(30)26-18(2)3)27(16-20-14-12-19(4)13-15-20)24(29)17-28(34(6,31)32)22-10-8-9-11-23(22)33-5/h8-15,18,21H,7,16-17H2,1-6H3,(H,26,30). The molecule has 1 N–H and O–H groups in total. The number of hydrogen-bond donors (Lipinski definition) is 1. The zero-order chi connectivity index (χ0) is 25.5. The first kappa shape index (κ1) is 27.2. The zero-order valence-corrected chi connectivity index (χ0v) is 21.6. The van der Waals surface area contributed by atoms with Gasteiger partial charge in [-0.05, 0) is 44.9 Å². The number of hydrogen-bond acceptors (Lipinski definition) is 5. The van der Waals surface area contributed by atoms with E-state index in [2.05, 4.69) is 5.32 Å². The van der Waals surface area contributed by atoms with E-state index in [-0.39, 0.29) is 24.2 Å². The molecule has 1 atom stereocenters. The number of para-hydroxylation sites is 2. The molecule has 2 aromatic carbocycles. The van der Waals surface area contributed by atoms with Crippen molar-refractivity contribution in [3.8, 4) is 5.75 Å². The van der Waals surface area contributed by atoms with Crippen molar-refractivity contribution < 1.29 is 22.7 Å². The average molecular weight is 490 g/mol. The van der Waals surface area contributed by atoms with Crippen LogP contribution in [0.3, 0.4) is 0 Å². The van der Waals surface area contributed by atoms with Crippen LogP contribution in [0.4, 0.5) is 5.69 Å². The van der Waals surface area contributed by atoms with Crippen LogP contribution in [0.2, 0.25) is 0 Å². The van der Waals surface area contributed by atoms with Crippen LogP contribution in [0, 0.1) is 6.92 Å². The van der Waals surface area contributed by atoms with Gasteiger partial charge in [0.1, 0.15) is 18.3 Å². The third-order valence-corrected chi connectivity index (χ3v) is 6.45. The molecule has 0 bridgehead atoms. The van der Waals surface area contributed by atoms with E-state index >= 15 is 0 Å². The zero-order valence-electron chi connectivity index (χ0n) is 20.7. The molecule has 0 saturated carbocycles. The Bertz CT molecular complexity index is 1080. The minimum atomic E-state index is -3.82. The van der Waals surface area contributed by atoms with Crippen LogP contribution in [0.5, 0.6) is 5.75 Å². The number of aryl methyl sites for hydroxylation is 1. The lowest BCUT2D eigenvalue weighted by atomic mass is 10.1. The molecule has 0 spiro atoms. The first-order valence-corrected chi connectivity index (χ1v) is 13.1. The van der Waals surface area contributed by atoms with E-state index in [0.29, 0.717) is 12.2 Å². The van der Waals surface area contributed by atoms with E-state index in [0.717, 1.165) is 21.7 Å². The van der Waals surface area contributed by atoms with Crippen LogP contribution in [0.25, 0.3) is 0 Å². The quantitative estimate of drug-likeness (QED) is 0.523. The van der Waals surface area contributed by atoms with E-state index in [9.17, 15) is 18.0 Å². The van der Waals surface area contributed by atoms with Crippen LogP contribution in [0.15, 0.2) is 48.5 Å². The summed E-state index contributed by atoms with van der Waals surface area (Å²) in [4.78, 5) is 28.1. The molecule has 8 nitrogen and oxygen atoms in total. The lowest BCUT2D eigenvalue weighted by molar-refractivity contribution is -0.140. The molecule has 0 aromatic heterocycles. The third-order valence-electron chi connectivity index (χ3n) is 5.32. The fraction of sp³-hybridized carbons (Fsp3) is 0.440. The molecule has 0 radical (unpaired) electrons. The normalized spacial score (nSPS) is 12.2. The SMILES string of the molecule is CCC(C(=O)NC(C)C)N(Cc1ccc(C)cc1)C(=O)CN(c1ccccc1OC)S(C)(=O)=O. The summed E-state index contributed by atoms with van der Waals surface area (Å²) in [6, 6.07) is 13.4. The molecule has 2 aromatic rings. The van der Waals surface area contributed by atoms with Gasteiger partial charge < -0.3 is 15.0 Å². The first-order valence-electron chi connectivity index (χ1n) is 11.2. The fourth-order valence-electron chi connectivity index (χ4n) is 3.62. The van der Waals surface area contributed by atoms with Crippen molar-refractivity contribution in [1.82, 2.24) is 10.2 Å². The van der Waals surface area contributed by atoms with Gasteiger partial charge >= 0.3 is 0 Å². The van der Waals surface area contributed by atoms with Gasteiger partial charge in [0.15, 0.2) is 0 Å². The Hall–Kier alpha value is -3.07. The summed E-state index contributed by atoms with van der Waals surface area (Å²) in [5, 5.41) is 2.87. The highest BCUT2D eigenvalue weighted by Crippen LogP contribution is 2.29. The summed E-state index contributed by atoms with van der Waals surface area (Å²) in [7, 11) is -2.39. The Balaban J connectivity index is 2.47. The summed E-state index contributed by atoms with van der Waals surface area (Å²) in [5.74, 6) is -0.431. The second kappa shape index (κ2) is 11.9. The number of carbonyl (C=O) groups is 2. The van der Waals surface area contributed by atoms with Crippen molar-refractivity contribution >= 4 is 27.5 Å². The van der Waals surface area contributed by atoms with E-state index in [1.54, 1.807) is 24.3 Å². The number of ether oxygens (including phenoxy) is 1. The second-order valence-electron chi connectivity index (χ2n) is 8.54. The fourth-order valence-corrected chi connectivity index (χ4v) is 4.47. The Morgan fingerprint density at radius 1 is 1.06 bits per heavy atom. The Morgan fingerprint density at radius 2 is 1.68 bits per heavy atom. The molecule has 0 aliphatic carbocycles. The van der Waals surface area contributed by atoms with Crippen LogP contribution >= 0.6 is 0 Å². The van der Waals surface area contributed by atoms with Crippen LogP contribution in [-0.4, -0.2) is 57.1 Å². The molecule has 34 heavy (non-hydrogen) atoms. The number of carbonyl (C=O) groups excluding carboxylic acids is 2. The van der Waals surface area contributed by atoms with Crippen molar-refractivity contribution in [3.05, 3.63) is 59.7 Å². The van der Waals surface area contributed by atoms with Gasteiger partial charge in [0.05, 0.1) is 19.1 Å². The van der Waals surface area contributed by atoms with Gasteiger partial charge in [-0.15, -0.1) is 0 Å². The third kappa shape index (κ3) is 7.21.